The van der Waals surface area contributed by atoms with Gasteiger partial charge in [0, 0.05) is 24.2 Å². The summed E-state index contributed by atoms with van der Waals surface area (Å²) in [5, 5.41) is 10.8. The highest BCUT2D eigenvalue weighted by Crippen LogP contribution is 2.74. The summed E-state index contributed by atoms with van der Waals surface area (Å²) in [4.78, 5) is 12.3. The van der Waals surface area contributed by atoms with Crippen LogP contribution in [0.5, 0.6) is 0 Å². The smallest absolute Gasteiger partial charge is 0.134 e. The van der Waals surface area contributed by atoms with Crippen LogP contribution >= 0.6 is 0 Å². The molecule has 0 spiro atoms. The van der Waals surface area contributed by atoms with Gasteiger partial charge in [-0.1, -0.05) is 51.1 Å². The Morgan fingerprint density at radius 2 is 1.81 bits per heavy atom. The van der Waals surface area contributed by atoms with Crippen LogP contribution in [0.4, 0.5) is 0 Å². The number of aliphatic hydroxyl groups excluding tert-OH is 1. The van der Waals surface area contributed by atoms with Crippen molar-refractivity contribution in [2.75, 3.05) is 0 Å². The lowest BCUT2D eigenvalue weighted by atomic mass is 9.53. The number of benzene rings is 1. The number of aliphatic hydroxyl groups is 1. The van der Waals surface area contributed by atoms with Crippen molar-refractivity contribution in [1.29, 1.82) is 0 Å². The van der Waals surface area contributed by atoms with Crippen molar-refractivity contribution in [3.8, 4) is 0 Å². The predicted octanol–water partition coefficient (Wildman–Crippen LogP) is 2.67. The standard InChI is InChI=1S/C18H22O3/c1-16(2)9-12(19)10-17(3)14(16)13(20)15-18(17,21-15)11-7-5-4-6-8-11/h4-8,13-15,20H,9-10H2,1-3H3/t13-,14+,15-,17-,18-/m1/s1. The fourth-order valence-corrected chi connectivity index (χ4v) is 5.62. The van der Waals surface area contributed by atoms with Gasteiger partial charge in [-0.25, -0.2) is 0 Å². The molecular weight excluding hydrogens is 264 g/mol. The second-order valence-corrected chi connectivity index (χ2v) is 7.91. The van der Waals surface area contributed by atoms with E-state index in [1.807, 2.05) is 18.2 Å². The van der Waals surface area contributed by atoms with E-state index in [9.17, 15) is 9.90 Å². The summed E-state index contributed by atoms with van der Waals surface area (Å²) in [6, 6.07) is 10.1. The summed E-state index contributed by atoms with van der Waals surface area (Å²) in [5.74, 6) is 0.388. The third kappa shape index (κ3) is 1.44. The van der Waals surface area contributed by atoms with Crippen molar-refractivity contribution < 1.29 is 14.6 Å². The molecule has 21 heavy (non-hydrogen) atoms. The first-order chi connectivity index (χ1) is 9.83. The average molecular weight is 286 g/mol. The van der Waals surface area contributed by atoms with E-state index in [4.69, 9.17) is 4.74 Å². The number of ketones is 1. The molecule has 5 atom stereocenters. The van der Waals surface area contributed by atoms with Crippen molar-refractivity contribution in [3.05, 3.63) is 35.9 Å². The van der Waals surface area contributed by atoms with Crippen LogP contribution in [-0.2, 0) is 15.1 Å². The van der Waals surface area contributed by atoms with Crippen molar-refractivity contribution in [3.63, 3.8) is 0 Å². The molecular formula is C18H22O3. The first-order valence-corrected chi connectivity index (χ1v) is 7.76. The van der Waals surface area contributed by atoms with E-state index in [-0.39, 0.29) is 28.6 Å². The van der Waals surface area contributed by atoms with Gasteiger partial charge in [0.1, 0.15) is 17.5 Å². The van der Waals surface area contributed by atoms with Gasteiger partial charge in [-0.05, 0) is 11.0 Å². The quantitative estimate of drug-likeness (QED) is 0.807. The van der Waals surface area contributed by atoms with Crippen molar-refractivity contribution in [2.45, 2.75) is 51.4 Å². The van der Waals surface area contributed by atoms with E-state index in [0.717, 1.165) is 5.56 Å². The van der Waals surface area contributed by atoms with E-state index < -0.39 is 11.7 Å². The highest BCUT2D eigenvalue weighted by atomic mass is 16.6. The molecule has 0 unspecified atom stereocenters. The van der Waals surface area contributed by atoms with Crippen LogP contribution in [0.3, 0.4) is 0 Å². The molecule has 1 heterocycles. The van der Waals surface area contributed by atoms with Crippen molar-refractivity contribution in [1.82, 2.24) is 0 Å². The fourth-order valence-electron chi connectivity index (χ4n) is 5.62. The highest BCUT2D eigenvalue weighted by molar-refractivity contribution is 5.82. The Bertz CT molecular complexity index is 608. The molecule has 0 amide bonds. The van der Waals surface area contributed by atoms with E-state index in [1.165, 1.54) is 0 Å². The molecule has 1 aromatic carbocycles. The molecule has 0 radical (unpaired) electrons. The van der Waals surface area contributed by atoms with Gasteiger partial charge in [0.25, 0.3) is 0 Å². The zero-order valence-corrected chi connectivity index (χ0v) is 12.8. The minimum Gasteiger partial charge on any atom is -0.390 e. The Morgan fingerprint density at radius 3 is 2.48 bits per heavy atom. The molecule has 112 valence electrons. The van der Waals surface area contributed by atoms with Gasteiger partial charge in [-0.3, -0.25) is 4.79 Å². The Labute approximate surface area is 125 Å². The molecule has 0 aromatic heterocycles. The van der Waals surface area contributed by atoms with Crippen molar-refractivity contribution in [2.24, 2.45) is 16.7 Å². The molecule has 1 saturated heterocycles. The lowest BCUT2D eigenvalue weighted by Crippen LogP contribution is -2.52. The minimum atomic E-state index is -0.488. The molecule has 1 aromatic rings. The molecule has 1 N–H and O–H groups in total. The van der Waals surface area contributed by atoms with Crippen LogP contribution in [-0.4, -0.2) is 23.1 Å². The van der Waals surface area contributed by atoms with Crippen LogP contribution in [0, 0.1) is 16.7 Å². The third-order valence-corrected chi connectivity index (χ3v) is 6.10. The zero-order chi connectivity index (χ0) is 15.0. The predicted molar refractivity (Wildman–Crippen MR) is 78.6 cm³/mol. The van der Waals surface area contributed by atoms with Crippen LogP contribution in [0.25, 0.3) is 0 Å². The minimum absolute atomic E-state index is 0.0988. The van der Waals surface area contributed by atoms with Crippen LogP contribution in [0.1, 0.15) is 39.2 Å². The van der Waals surface area contributed by atoms with Gasteiger partial charge in [0.2, 0.25) is 0 Å². The number of hydrogen-bond donors (Lipinski definition) is 1. The molecule has 1 aliphatic heterocycles. The first kappa shape index (κ1) is 13.5. The van der Waals surface area contributed by atoms with Gasteiger partial charge < -0.3 is 9.84 Å². The number of hydrogen-bond acceptors (Lipinski definition) is 3. The number of ether oxygens (including phenoxy) is 1. The second-order valence-electron chi connectivity index (χ2n) is 7.91. The lowest BCUT2D eigenvalue weighted by molar-refractivity contribution is -0.147. The van der Waals surface area contributed by atoms with Gasteiger partial charge in [-0.2, -0.15) is 0 Å². The van der Waals surface area contributed by atoms with Crippen molar-refractivity contribution >= 4 is 5.78 Å². The van der Waals surface area contributed by atoms with E-state index in [0.29, 0.717) is 12.8 Å². The summed E-state index contributed by atoms with van der Waals surface area (Å²) in [6.45, 7) is 6.36. The molecule has 2 aliphatic carbocycles. The van der Waals surface area contributed by atoms with E-state index >= 15 is 0 Å². The molecule has 3 nitrogen and oxygen atoms in total. The number of rotatable bonds is 1. The summed E-state index contributed by atoms with van der Waals surface area (Å²) in [7, 11) is 0. The number of carbonyl (C=O) groups is 1. The van der Waals surface area contributed by atoms with E-state index in [2.05, 4.69) is 32.9 Å². The van der Waals surface area contributed by atoms with Gasteiger partial charge in [-0.15, -0.1) is 0 Å². The molecule has 2 saturated carbocycles. The summed E-state index contributed by atoms with van der Waals surface area (Å²) >= 11 is 0. The number of carbonyl (C=O) groups excluding carboxylic acids is 1. The first-order valence-electron chi connectivity index (χ1n) is 7.76. The number of fused-ring (bicyclic) bond motifs is 3. The summed E-state index contributed by atoms with van der Waals surface area (Å²) in [5.41, 5.74) is 0.120. The fraction of sp³-hybridized carbons (Fsp3) is 0.611. The Kier molecular flexibility index (Phi) is 2.42. The maximum Gasteiger partial charge on any atom is 0.134 e. The Morgan fingerprint density at radius 1 is 1.14 bits per heavy atom. The lowest BCUT2D eigenvalue weighted by Gasteiger charge is -2.50. The van der Waals surface area contributed by atoms with Crippen LogP contribution < -0.4 is 0 Å². The highest BCUT2D eigenvalue weighted by Gasteiger charge is 2.82. The molecule has 3 aliphatic rings. The Balaban J connectivity index is 1.88. The summed E-state index contributed by atoms with van der Waals surface area (Å²) in [6.07, 6.45) is 0.407. The van der Waals surface area contributed by atoms with Crippen LogP contribution in [0.2, 0.25) is 0 Å². The third-order valence-electron chi connectivity index (χ3n) is 6.10. The van der Waals surface area contributed by atoms with Crippen LogP contribution in [0.15, 0.2) is 30.3 Å². The largest absolute Gasteiger partial charge is 0.390 e. The zero-order valence-electron chi connectivity index (χ0n) is 12.8. The number of epoxide rings is 1. The maximum atomic E-state index is 12.3. The van der Waals surface area contributed by atoms with Gasteiger partial charge >= 0.3 is 0 Å². The molecule has 0 bridgehead atoms. The average Bonchev–Trinajstić information content (AvgIpc) is 3.10. The van der Waals surface area contributed by atoms with Gasteiger partial charge in [0.15, 0.2) is 0 Å². The monoisotopic (exact) mass is 286 g/mol. The summed E-state index contributed by atoms with van der Waals surface area (Å²) < 4.78 is 6.05. The van der Waals surface area contributed by atoms with E-state index in [1.54, 1.807) is 0 Å². The topological polar surface area (TPSA) is 49.8 Å². The second kappa shape index (κ2) is 3.76. The molecule has 3 heteroatoms. The normalized spacial score (nSPS) is 46.9. The number of Topliss-reactive ketones (excluding diaryl/α,β-unsaturated/α-hetero) is 1. The SMILES string of the molecule is CC1(C)CC(=O)C[C@]2(C)[C@H]1[C@@H](O)[C@H]1O[C@]12c1ccccc1. The molecule has 4 rings (SSSR count). The van der Waals surface area contributed by atoms with Gasteiger partial charge in [0.05, 0.1) is 6.10 Å². The molecule has 3 fully saturated rings. The maximum absolute atomic E-state index is 12.3. The Hall–Kier alpha value is -1.19.